The van der Waals surface area contributed by atoms with Gasteiger partial charge in [0.2, 0.25) is 0 Å². The first-order valence-electron chi connectivity index (χ1n) is 6.67. The van der Waals surface area contributed by atoms with Crippen LogP contribution in [-0.4, -0.2) is 0 Å². The molecule has 3 aromatic rings. The molecule has 1 heterocycles. The van der Waals surface area contributed by atoms with E-state index in [0.29, 0.717) is 5.56 Å². The molecule has 2 aromatic carbocycles. The fraction of sp³-hybridized carbons (Fsp3) is 0.176. The molecule has 1 atom stereocenters. The molecule has 0 aliphatic heterocycles. The van der Waals surface area contributed by atoms with Crippen LogP contribution in [0.1, 0.15) is 27.6 Å². The summed E-state index contributed by atoms with van der Waals surface area (Å²) in [5.74, 6) is -0.568. The second kappa shape index (κ2) is 5.20. The van der Waals surface area contributed by atoms with Crippen LogP contribution >= 0.6 is 11.3 Å². The number of rotatable bonds is 2. The standard InChI is InChI=1S/C17H15F2NS/c1-9-5-10(2)16(13(19)6-9)17(20)15-8-11-7-12(18)3-4-14(11)21-15/h3-8,17H,20H2,1-2H3. The molecule has 3 rings (SSSR count). The largest absolute Gasteiger partial charge is 0.320 e. The molecule has 0 saturated carbocycles. The average Bonchev–Trinajstić information content (AvgIpc) is 2.80. The van der Waals surface area contributed by atoms with Gasteiger partial charge in [-0.1, -0.05) is 6.07 Å². The molecule has 0 fully saturated rings. The summed E-state index contributed by atoms with van der Waals surface area (Å²) in [6, 6.07) is 9.34. The van der Waals surface area contributed by atoms with Gasteiger partial charge in [-0.25, -0.2) is 8.78 Å². The zero-order valence-corrected chi connectivity index (χ0v) is 12.6. The van der Waals surface area contributed by atoms with Crippen molar-refractivity contribution < 1.29 is 8.78 Å². The van der Waals surface area contributed by atoms with Gasteiger partial charge in [0.15, 0.2) is 0 Å². The molecule has 4 heteroatoms. The van der Waals surface area contributed by atoms with Gasteiger partial charge < -0.3 is 5.73 Å². The summed E-state index contributed by atoms with van der Waals surface area (Å²) >= 11 is 1.47. The first-order valence-corrected chi connectivity index (χ1v) is 7.48. The minimum atomic E-state index is -0.536. The summed E-state index contributed by atoms with van der Waals surface area (Å²) in [5.41, 5.74) is 8.46. The highest BCUT2D eigenvalue weighted by atomic mass is 32.1. The Labute approximate surface area is 126 Å². The van der Waals surface area contributed by atoms with Crippen LogP contribution in [-0.2, 0) is 0 Å². The Morgan fingerprint density at radius 3 is 2.52 bits per heavy atom. The molecule has 108 valence electrons. The smallest absolute Gasteiger partial charge is 0.128 e. The Morgan fingerprint density at radius 1 is 1.05 bits per heavy atom. The Balaban J connectivity index is 2.10. The fourth-order valence-electron chi connectivity index (χ4n) is 2.65. The van der Waals surface area contributed by atoms with Crippen molar-refractivity contribution in [3.63, 3.8) is 0 Å². The second-order valence-corrected chi connectivity index (χ2v) is 6.40. The van der Waals surface area contributed by atoms with Crippen molar-refractivity contribution in [1.82, 2.24) is 0 Å². The van der Waals surface area contributed by atoms with Crippen molar-refractivity contribution in [2.45, 2.75) is 19.9 Å². The molecule has 0 bridgehead atoms. The molecular formula is C17H15F2NS. The topological polar surface area (TPSA) is 26.0 Å². The maximum atomic E-state index is 14.2. The highest BCUT2D eigenvalue weighted by Crippen LogP contribution is 2.34. The van der Waals surface area contributed by atoms with Crippen molar-refractivity contribution in [1.29, 1.82) is 0 Å². The minimum Gasteiger partial charge on any atom is -0.320 e. The van der Waals surface area contributed by atoms with Crippen LogP contribution in [0.3, 0.4) is 0 Å². The number of hydrogen-bond acceptors (Lipinski definition) is 2. The summed E-state index contributed by atoms with van der Waals surface area (Å²) in [5, 5.41) is 0.802. The van der Waals surface area contributed by atoms with Crippen LogP contribution in [0.2, 0.25) is 0 Å². The second-order valence-electron chi connectivity index (χ2n) is 5.29. The van der Waals surface area contributed by atoms with E-state index in [1.165, 1.54) is 29.5 Å². The molecule has 0 aliphatic rings. The van der Waals surface area contributed by atoms with Gasteiger partial charge in [-0.3, -0.25) is 0 Å². The fourth-order valence-corrected chi connectivity index (χ4v) is 3.71. The van der Waals surface area contributed by atoms with Crippen LogP contribution in [0.25, 0.3) is 10.1 Å². The summed E-state index contributed by atoms with van der Waals surface area (Å²) < 4.78 is 28.4. The third-order valence-corrected chi connectivity index (χ3v) is 4.79. The lowest BCUT2D eigenvalue weighted by atomic mass is 9.98. The predicted molar refractivity (Wildman–Crippen MR) is 83.7 cm³/mol. The normalized spacial score (nSPS) is 12.8. The molecule has 0 aliphatic carbocycles. The van der Waals surface area contributed by atoms with E-state index in [0.717, 1.165) is 26.1 Å². The summed E-state index contributed by atoms with van der Waals surface area (Å²) in [4.78, 5) is 0.835. The maximum Gasteiger partial charge on any atom is 0.128 e. The van der Waals surface area contributed by atoms with Gasteiger partial charge >= 0.3 is 0 Å². The third-order valence-electron chi connectivity index (χ3n) is 3.60. The molecule has 0 radical (unpaired) electrons. The number of benzene rings is 2. The monoisotopic (exact) mass is 303 g/mol. The van der Waals surface area contributed by atoms with Gasteiger partial charge in [0.1, 0.15) is 11.6 Å². The Hall–Kier alpha value is -1.78. The van der Waals surface area contributed by atoms with Crippen LogP contribution < -0.4 is 5.73 Å². The van der Waals surface area contributed by atoms with Gasteiger partial charge in [0, 0.05) is 15.1 Å². The summed E-state index contributed by atoms with van der Waals surface area (Å²) in [7, 11) is 0. The Morgan fingerprint density at radius 2 is 1.81 bits per heavy atom. The van der Waals surface area contributed by atoms with Crippen molar-refractivity contribution in [2.24, 2.45) is 5.73 Å². The number of nitrogens with two attached hydrogens (primary N) is 1. The quantitative estimate of drug-likeness (QED) is 0.720. The van der Waals surface area contributed by atoms with Crippen LogP contribution in [0, 0.1) is 25.5 Å². The van der Waals surface area contributed by atoms with Gasteiger partial charge in [-0.05, 0) is 60.7 Å². The van der Waals surface area contributed by atoms with Crippen LogP contribution in [0.4, 0.5) is 8.78 Å². The first kappa shape index (κ1) is 14.2. The highest BCUT2D eigenvalue weighted by molar-refractivity contribution is 7.19. The van der Waals surface area contributed by atoms with E-state index in [4.69, 9.17) is 5.73 Å². The van der Waals surface area contributed by atoms with Crippen molar-refractivity contribution in [3.8, 4) is 0 Å². The van der Waals surface area contributed by atoms with E-state index in [1.54, 1.807) is 6.07 Å². The summed E-state index contributed by atoms with van der Waals surface area (Å²) in [6.07, 6.45) is 0. The number of thiophene rings is 1. The van der Waals surface area contributed by atoms with Gasteiger partial charge in [-0.15, -0.1) is 11.3 Å². The van der Waals surface area contributed by atoms with Gasteiger partial charge in [0.05, 0.1) is 6.04 Å². The average molecular weight is 303 g/mol. The molecule has 2 N–H and O–H groups in total. The van der Waals surface area contributed by atoms with E-state index < -0.39 is 6.04 Å². The van der Waals surface area contributed by atoms with Crippen molar-refractivity contribution in [3.05, 3.63) is 69.6 Å². The molecule has 1 unspecified atom stereocenters. The number of hydrogen-bond donors (Lipinski definition) is 1. The number of fused-ring (bicyclic) bond motifs is 1. The van der Waals surface area contributed by atoms with Crippen LogP contribution in [0.5, 0.6) is 0 Å². The van der Waals surface area contributed by atoms with Gasteiger partial charge in [0.25, 0.3) is 0 Å². The zero-order chi connectivity index (χ0) is 15.1. The lowest BCUT2D eigenvalue weighted by molar-refractivity contribution is 0.597. The third kappa shape index (κ3) is 2.57. The maximum absolute atomic E-state index is 14.2. The molecule has 0 saturated heterocycles. The van der Waals surface area contributed by atoms with E-state index in [1.807, 2.05) is 26.0 Å². The molecule has 0 amide bonds. The molecular weight excluding hydrogens is 288 g/mol. The van der Waals surface area contributed by atoms with Crippen molar-refractivity contribution in [2.75, 3.05) is 0 Å². The van der Waals surface area contributed by atoms with Crippen LogP contribution in [0.15, 0.2) is 36.4 Å². The SMILES string of the molecule is Cc1cc(C)c(C(N)c2cc3cc(F)ccc3s2)c(F)c1. The summed E-state index contributed by atoms with van der Waals surface area (Å²) in [6.45, 7) is 3.71. The number of aryl methyl sites for hydroxylation is 2. The Bertz CT molecular complexity index is 800. The Kier molecular flexibility index (Phi) is 3.51. The molecule has 0 spiro atoms. The van der Waals surface area contributed by atoms with E-state index in [9.17, 15) is 8.78 Å². The van der Waals surface area contributed by atoms with E-state index >= 15 is 0 Å². The number of halogens is 2. The lowest BCUT2D eigenvalue weighted by Crippen LogP contribution is -2.14. The zero-order valence-electron chi connectivity index (χ0n) is 11.8. The van der Waals surface area contributed by atoms with Gasteiger partial charge in [-0.2, -0.15) is 0 Å². The highest BCUT2D eigenvalue weighted by Gasteiger charge is 2.19. The minimum absolute atomic E-state index is 0.280. The van der Waals surface area contributed by atoms with E-state index in [-0.39, 0.29) is 11.6 Å². The first-order chi connectivity index (χ1) is 9.95. The molecule has 1 aromatic heterocycles. The lowest BCUT2D eigenvalue weighted by Gasteiger charge is -2.15. The molecule has 21 heavy (non-hydrogen) atoms. The predicted octanol–water partition coefficient (Wildman–Crippen LogP) is 4.84. The van der Waals surface area contributed by atoms with Crippen molar-refractivity contribution >= 4 is 21.4 Å². The molecule has 1 nitrogen and oxygen atoms in total. The van der Waals surface area contributed by atoms with E-state index in [2.05, 4.69) is 0 Å².